The quantitative estimate of drug-likeness (QED) is 0.776. The van der Waals surface area contributed by atoms with Crippen LogP contribution in [0.2, 0.25) is 0 Å². The zero-order valence-corrected chi connectivity index (χ0v) is 11.8. The Morgan fingerprint density at radius 3 is 2.22 bits per heavy atom. The SMILES string of the molecule is CCC(CC)C(C)Nc1nc(NC)nc(OC)n1. The molecule has 102 valence electrons. The predicted octanol–water partition coefficient (Wildman–Crippen LogP) is 2.16. The first-order chi connectivity index (χ1) is 8.64. The Bertz CT molecular complexity index is 345. The Morgan fingerprint density at radius 1 is 1.11 bits per heavy atom. The van der Waals surface area contributed by atoms with Crippen LogP contribution in [-0.2, 0) is 0 Å². The van der Waals surface area contributed by atoms with Gasteiger partial charge in [0.15, 0.2) is 0 Å². The van der Waals surface area contributed by atoms with Gasteiger partial charge in [-0.15, -0.1) is 0 Å². The van der Waals surface area contributed by atoms with Crippen molar-refractivity contribution in [1.82, 2.24) is 15.0 Å². The molecule has 1 heterocycles. The molecule has 2 N–H and O–H groups in total. The van der Waals surface area contributed by atoms with E-state index in [2.05, 4.69) is 46.4 Å². The van der Waals surface area contributed by atoms with Crippen LogP contribution in [-0.4, -0.2) is 35.2 Å². The summed E-state index contributed by atoms with van der Waals surface area (Å²) in [6.45, 7) is 6.53. The summed E-state index contributed by atoms with van der Waals surface area (Å²) in [7, 11) is 3.31. The maximum absolute atomic E-state index is 5.05. The number of anilines is 2. The second kappa shape index (κ2) is 6.98. The maximum Gasteiger partial charge on any atom is 0.322 e. The van der Waals surface area contributed by atoms with Crippen LogP contribution >= 0.6 is 0 Å². The summed E-state index contributed by atoms with van der Waals surface area (Å²) in [5.74, 6) is 1.65. The molecular formula is C12H23N5O. The molecule has 0 radical (unpaired) electrons. The second-order valence-corrected chi connectivity index (χ2v) is 4.23. The van der Waals surface area contributed by atoms with E-state index in [-0.39, 0.29) is 0 Å². The molecule has 6 nitrogen and oxygen atoms in total. The smallest absolute Gasteiger partial charge is 0.322 e. The van der Waals surface area contributed by atoms with Crippen LogP contribution in [0.15, 0.2) is 0 Å². The zero-order chi connectivity index (χ0) is 13.5. The summed E-state index contributed by atoms with van der Waals surface area (Å²) in [5, 5.41) is 6.20. The number of nitrogens with zero attached hydrogens (tertiary/aromatic N) is 3. The van der Waals surface area contributed by atoms with E-state index in [0.29, 0.717) is 29.9 Å². The maximum atomic E-state index is 5.05. The molecule has 1 rings (SSSR count). The zero-order valence-electron chi connectivity index (χ0n) is 11.8. The van der Waals surface area contributed by atoms with Crippen LogP contribution in [0.3, 0.4) is 0 Å². The van der Waals surface area contributed by atoms with Crippen molar-refractivity contribution in [2.45, 2.75) is 39.7 Å². The van der Waals surface area contributed by atoms with E-state index < -0.39 is 0 Å². The van der Waals surface area contributed by atoms with Crippen LogP contribution in [0.4, 0.5) is 11.9 Å². The Morgan fingerprint density at radius 2 is 1.72 bits per heavy atom. The first-order valence-electron chi connectivity index (χ1n) is 6.38. The Hall–Kier alpha value is -1.59. The van der Waals surface area contributed by atoms with Gasteiger partial charge in [-0.3, -0.25) is 0 Å². The van der Waals surface area contributed by atoms with Gasteiger partial charge in [0.05, 0.1) is 7.11 Å². The van der Waals surface area contributed by atoms with Crippen molar-refractivity contribution in [3.8, 4) is 6.01 Å². The van der Waals surface area contributed by atoms with E-state index in [4.69, 9.17) is 4.74 Å². The normalized spacial score (nSPS) is 12.3. The Labute approximate surface area is 109 Å². The lowest BCUT2D eigenvalue weighted by atomic mass is 9.96. The fourth-order valence-corrected chi connectivity index (χ4v) is 1.94. The Kier molecular flexibility index (Phi) is 5.61. The second-order valence-electron chi connectivity index (χ2n) is 4.23. The molecule has 18 heavy (non-hydrogen) atoms. The first-order valence-corrected chi connectivity index (χ1v) is 6.38. The van der Waals surface area contributed by atoms with Gasteiger partial charge in [0.25, 0.3) is 0 Å². The van der Waals surface area contributed by atoms with Gasteiger partial charge in [0.1, 0.15) is 0 Å². The molecule has 0 aromatic carbocycles. The molecule has 0 fully saturated rings. The third kappa shape index (κ3) is 3.72. The van der Waals surface area contributed by atoms with Gasteiger partial charge in [0, 0.05) is 13.1 Å². The van der Waals surface area contributed by atoms with E-state index in [1.807, 2.05) is 0 Å². The molecule has 0 amide bonds. The molecule has 0 aliphatic rings. The average Bonchev–Trinajstić information content (AvgIpc) is 2.39. The monoisotopic (exact) mass is 253 g/mol. The topological polar surface area (TPSA) is 72.0 Å². The number of methoxy groups -OCH3 is 1. The van der Waals surface area contributed by atoms with E-state index in [9.17, 15) is 0 Å². The predicted molar refractivity (Wildman–Crippen MR) is 73.1 cm³/mol. The van der Waals surface area contributed by atoms with Gasteiger partial charge in [-0.2, -0.15) is 15.0 Å². The number of ether oxygens (including phenoxy) is 1. The van der Waals surface area contributed by atoms with Crippen LogP contribution in [0.25, 0.3) is 0 Å². The highest BCUT2D eigenvalue weighted by molar-refractivity contribution is 5.36. The third-order valence-electron chi connectivity index (χ3n) is 3.13. The van der Waals surface area contributed by atoms with Gasteiger partial charge < -0.3 is 15.4 Å². The molecule has 1 unspecified atom stereocenters. The summed E-state index contributed by atoms with van der Waals surface area (Å²) < 4.78 is 5.05. The molecule has 0 saturated heterocycles. The summed E-state index contributed by atoms with van der Waals surface area (Å²) >= 11 is 0. The minimum Gasteiger partial charge on any atom is -0.467 e. The molecule has 1 aromatic rings. The van der Waals surface area contributed by atoms with Crippen molar-refractivity contribution in [3.05, 3.63) is 0 Å². The molecule has 0 spiro atoms. The fraction of sp³-hybridized carbons (Fsp3) is 0.750. The van der Waals surface area contributed by atoms with E-state index in [0.717, 1.165) is 12.8 Å². The van der Waals surface area contributed by atoms with Gasteiger partial charge >= 0.3 is 6.01 Å². The first kappa shape index (κ1) is 14.5. The van der Waals surface area contributed by atoms with Gasteiger partial charge in [-0.1, -0.05) is 26.7 Å². The highest BCUT2D eigenvalue weighted by Crippen LogP contribution is 2.17. The molecule has 6 heteroatoms. The summed E-state index contributed by atoms with van der Waals surface area (Å²) in [5.41, 5.74) is 0. The standard InChI is InChI=1S/C12H23N5O/c1-6-9(7-2)8(3)14-11-15-10(13-4)16-12(17-11)18-5/h8-9H,6-7H2,1-5H3,(H2,13,14,15,16,17). The summed E-state index contributed by atoms with van der Waals surface area (Å²) in [6.07, 6.45) is 2.26. The lowest BCUT2D eigenvalue weighted by molar-refractivity contribution is 0.378. The Balaban J connectivity index is 2.82. The van der Waals surface area contributed by atoms with Crippen molar-refractivity contribution in [3.63, 3.8) is 0 Å². The van der Waals surface area contributed by atoms with E-state index in [1.165, 1.54) is 0 Å². The van der Waals surface area contributed by atoms with Crippen LogP contribution in [0.1, 0.15) is 33.6 Å². The lowest BCUT2D eigenvalue weighted by Gasteiger charge is -2.22. The summed E-state index contributed by atoms with van der Waals surface area (Å²) in [6, 6.07) is 0.630. The number of hydrogen-bond donors (Lipinski definition) is 2. The average molecular weight is 253 g/mol. The van der Waals surface area contributed by atoms with Crippen molar-refractivity contribution >= 4 is 11.9 Å². The number of aromatic nitrogens is 3. The van der Waals surface area contributed by atoms with Crippen LogP contribution in [0.5, 0.6) is 6.01 Å². The molecule has 0 aliphatic heterocycles. The van der Waals surface area contributed by atoms with E-state index >= 15 is 0 Å². The van der Waals surface area contributed by atoms with Crippen molar-refractivity contribution in [2.24, 2.45) is 5.92 Å². The van der Waals surface area contributed by atoms with Crippen molar-refractivity contribution in [2.75, 3.05) is 24.8 Å². The molecule has 0 aliphatic carbocycles. The minimum atomic E-state index is 0.314. The molecule has 0 saturated carbocycles. The van der Waals surface area contributed by atoms with Crippen molar-refractivity contribution in [1.29, 1.82) is 0 Å². The largest absolute Gasteiger partial charge is 0.467 e. The molecule has 0 bridgehead atoms. The van der Waals surface area contributed by atoms with Crippen LogP contribution < -0.4 is 15.4 Å². The minimum absolute atomic E-state index is 0.314. The highest BCUT2D eigenvalue weighted by atomic mass is 16.5. The molecular weight excluding hydrogens is 230 g/mol. The van der Waals surface area contributed by atoms with Gasteiger partial charge in [0.2, 0.25) is 11.9 Å². The number of rotatable bonds is 7. The van der Waals surface area contributed by atoms with Crippen LogP contribution in [0, 0.1) is 5.92 Å². The van der Waals surface area contributed by atoms with Crippen molar-refractivity contribution < 1.29 is 4.74 Å². The molecule has 1 aromatic heterocycles. The summed E-state index contributed by atoms with van der Waals surface area (Å²) in [4.78, 5) is 12.5. The third-order valence-corrected chi connectivity index (χ3v) is 3.13. The fourth-order valence-electron chi connectivity index (χ4n) is 1.94. The highest BCUT2D eigenvalue weighted by Gasteiger charge is 2.15. The van der Waals surface area contributed by atoms with Gasteiger partial charge in [-0.05, 0) is 12.8 Å². The van der Waals surface area contributed by atoms with Gasteiger partial charge in [-0.25, -0.2) is 0 Å². The molecule has 1 atom stereocenters. The number of nitrogens with one attached hydrogen (secondary N) is 2. The lowest BCUT2D eigenvalue weighted by Crippen LogP contribution is -2.26. The number of hydrogen-bond acceptors (Lipinski definition) is 6. The van der Waals surface area contributed by atoms with E-state index in [1.54, 1.807) is 14.2 Å².